The fourth-order valence-electron chi connectivity index (χ4n) is 3.20. The zero-order valence-corrected chi connectivity index (χ0v) is 16.0. The summed E-state index contributed by atoms with van der Waals surface area (Å²) in [6, 6.07) is 3.14. The van der Waals surface area contributed by atoms with Gasteiger partial charge in [-0.3, -0.25) is 9.59 Å². The van der Waals surface area contributed by atoms with Crippen molar-refractivity contribution < 1.29 is 28.3 Å². The van der Waals surface area contributed by atoms with E-state index in [0.29, 0.717) is 17.0 Å². The molecule has 1 atom stereocenters. The smallest absolute Gasteiger partial charge is 0.341 e. The van der Waals surface area contributed by atoms with Gasteiger partial charge >= 0.3 is 11.9 Å². The molecule has 0 fully saturated rings. The van der Waals surface area contributed by atoms with Crippen LogP contribution >= 0.6 is 11.3 Å². The standard InChI is InChI=1S/C19H21NO6S/c1-3-24-18(22)11-7-5-9-13-14(11)15(19(23)25-4-2)17(27-13)20-16(21)12-8-6-10-26-12/h6,8,10-11H,3-5,7,9H2,1-2H3,(H,20,21). The lowest BCUT2D eigenvalue weighted by Crippen LogP contribution is -2.23. The summed E-state index contributed by atoms with van der Waals surface area (Å²) in [5.74, 6) is -1.76. The van der Waals surface area contributed by atoms with Gasteiger partial charge < -0.3 is 19.2 Å². The molecule has 0 aromatic carbocycles. The molecular formula is C19H21NO6S. The first kappa shape index (κ1) is 19.2. The van der Waals surface area contributed by atoms with Crippen molar-refractivity contribution in [2.45, 2.75) is 39.0 Å². The lowest BCUT2D eigenvalue weighted by atomic mass is 9.85. The molecule has 1 N–H and O–H groups in total. The number of ether oxygens (including phenoxy) is 2. The molecule has 7 nitrogen and oxygen atoms in total. The Morgan fingerprint density at radius 3 is 2.70 bits per heavy atom. The first-order chi connectivity index (χ1) is 13.1. The van der Waals surface area contributed by atoms with E-state index >= 15 is 0 Å². The number of thiophene rings is 1. The van der Waals surface area contributed by atoms with Crippen LogP contribution in [0, 0.1) is 0 Å². The fourth-order valence-corrected chi connectivity index (χ4v) is 4.49. The largest absolute Gasteiger partial charge is 0.466 e. The number of anilines is 1. The number of hydrogen-bond donors (Lipinski definition) is 1. The van der Waals surface area contributed by atoms with Crippen LogP contribution < -0.4 is 5.32 Å². The Labute approximate surface area is 160 Å². The average molecular weight is 391 g/mol. The molecule has 0 radical (unpaired) electrons. The van der Waals surface area contributed by atoms with Crippen molar-refractivity contribution in [3.8, 4) is 0 Å². The van der Waals surface area contributed by atoms with Gasteiger partial charge in [0.25, 0.3) is 5.91 Å². The van der Waals surface area contributed by atoms with Crippen molar-refractivity contribution >= 4 is 34.2 Å². The third-order valence-corrected chi connectivity index (χ3v) is 5.47. The monoisotopic (exact) mass is 391 g/mol. The van der Waals surface area contributed by atoms with Crippen LogP contribution in [0.25, 0.3) is 0 Å². The van der Waals surface area contributed by atoms with Crippen LogP contribution in [0.15, 0.2) is 22.8 Å². The van der Waals surface area contributed by atoms with E-state index in [1.807, 2.05) is 0 Å². The molecule has 8 heteroatoms. The molecule has 1 aliphatic rings. The highest BCUT2D eigenvalue weighted by atomic mass is 32.1. The van der Waals surface area contributed by atoms with E-state index in [1.165, 1.54) is 23.7 Å². The first-order valence-corrected chi connectivity index (χ1v) is 9.72. The maximum Gasteiger partial charge on any atom is 0.341 e. The molecule has 0 spiro atoms. The number of aryl methyl sites for hydroxylation is 1. The summed E-state index contributed by atoms with van der Waals surface area (Å²) in [6.45, 7) is 3.92. The Morgan fingerprint density at radius 1 is 1.26 bits per heavy atom. The quantitative estimate of drug-likeness (QED) is 0.754. The molecule has 27 heavy (non-hydrogen) atoms. The highest BCUT2D eigenvalue weighted by Crippen LogP contribution is 2.44. The molecule has 1 aliphatic carbocycles. The van der Waals surface area contributed by atoms with E-state index < -0.39 is 17.8 Å². The van der Waals surface area contributed by atoms with Crippen LogP contribution in [0.1, 0.15) is 64.0 Å². The predicted molar refractivity (Wildman–Crippen MR) is 99.2 cm³/mol. The molecule has 2 aromatic heterocycles. The van der Waals surface area contributed by atoms with Crippen LogP contribution in [0.2, 0.25) is 0 Å². The molecule has 1 unspecified atom stereocenters. The minimum atomic E-state index is -0.555. The Balaban J connectivity index is 2.02. The van der Waals surface area contributed by atoms with E-state index in [0.717, 1.165) is 17.7 Å². The zero-order chi connectivity index (χ0) is 19.4. The Bertz CT molecular complexity index is 839. The number of amides is 1. The van der Waals surface area contributed by atoms with E-state index in [9.17, 15) is 14.4 Å². The number of rotatable bonds is 6. The number of hydrogen-bond acceptors (Lipinski definition) is 7. The summed E-state index contributed by atoms with van der Waals surface area (Å²) in [6.07, 6.45) is 3.54. The summed E-state index contributed by atoms with van der Waals surface area (Å²) >= 11 is 1.30. The predicted octanol–water partition coefficient (Wildman–Crippen LogP) is 3.75. The maximum atomic E-state index is 12.7. The van der Waals surface area contributed by atoms with E-state index in [-0.39, 0.29) is 30.5 Å². The molecular weight excluding hydrogens is 370 g/mol. The van der Waals surface area contributed by atoms with Gasteiger partial charge in [0.2, 0.25) is 0 Å². The van der Waals surface area contributed by atoms with Crippen LogP contribution in [-0.4, -0.2) is 31.1 Å². The molecule has 0 saturated carbocycles. The lowest BCUT2D eigenvalue weighted by Gasteiger charge is -2.22. The van der Waals surface area contributed by atoms with E-state index in [2.05, 4.69) is 5.32 Å². The van der Waals surface area contributed by atoms with E-state index in [1.54, 1.807) is 19.9 Å². The lowest BCUT2D eigenvalue weighted by molar-refractivity contribution is -0.145. The first-order valence-electron chi connectivity index (χ1n) is 8.90. The molecule has 1 amide bonds. The Hall–Kier alpha value is -2.61. The van der Waals surface area contributed by atoms with Crippen LogP contribution in [0.4, 0.5) is 5.00 Å². The van der Waals surface area contributed by atoms with Crippen LogP contribution in [0.3, 0.4) is 0 Å². The minimum Gasteiger partial charge on any atom is -0.466 e. The second-order valence-corrected chi connectivity index (χ2v) is 7.10. The summed E-state index contributed by atoms with van der Waals surface area (Å²) in [5, 5.41) is 3.11. The maximum absolute atomic E-state index is 12.7. The van der Waals surface area contributed by atoms with Gasteiger partial charge in [0.05, 0.1) is 31.0 Å². The number of carbonyl (C=O) groups is 3. The van der Waals surface area contributed by atoms with Crippen molar-refractivity contribution in [3.63, 3.8) is 0 Å². The number of fused-ring (bicyclic) bond motifs is 1. The number of esters is 2. The van der Waals surface area contributed by atoms with Gasteiger partial charge in [-0.15, -0.1) is 11.3 Å². The number of furan rings is 1. The molecule has 2 aromatic rings. The van der Waals surface area contributed by atoms with Gasteiger partial charge in [0.15, 0.2) is 5.76 Å². The highest BCUT2D eigenvalue weighted by Gasteiger charge is 2.37. The third-order valence-electron chi connectivity index (χ3n) is 4.29. The minimum absolute atomic E-state index is 0.137. The van der Waals surface area contributed by atoms with Gasteiger partial charge in [-0.05, 0) is 50.8 Å². The van der Waals surface area contributed by atoms with Crippen molar-refractivity contribution in [2.24, 2.45) is 0 Å². The average Bonchev–Trinajstić information content (AvgIpc) is 3.29. The normalized spacial score (nSPS) is 15.7. The van der Waals surface area contributed by atoms with E-state index in [4.69, 9.17) is 13.9 Å². The Morgan fingerprint density at radius 2 is 2.04 bits per heavy atom. The van der Waals surface area contributed by atoms with Gasteiger partial charge in [-0.1, -0.05) is 0 Å². The van der Waals surface area contributed by atoms with Crippen LogP contribution in [0.5, 0.6) is 0 Å². The molecule has 0 aliphatic heterocycles. The molecule has 0 saturated heterocycles. The molecule has 144 valence electrons. The zero-order valence-electron chi connectivity index (χ0n) is 15.2. The van der Waals surface area contributed by atoms with Gasteiger partial charge in [0, 0.05) is 4.88 Å². The van der Waals surface area contributed by atoms with Crippen LogP contribution in [-0.2, 0) is 20.7 Å². The summed E-state index contributed by atoms with van der Waals surface area (Å²) in [4.78, 5) is 38.4. The summed E-state index contributed by atoms with van der Waals surface area (Å²) in [5.41, 5.74) is 0.868. The van der Waals surface area contributed by atoms with Crippen molar-refractivity contribution in [3.05, 3.63) is 40.2 Å². The molecule has 2 heterocycles. The fraction of sp³-hybridized carbons (Fsp3) is 0.421. The number of carbonyl (C=O) groups excluding carboxylic acids is 3. The molecule has 0 bridgehead atoms. The Kier molecular flexibility index (Phi) is 5.95. The van der Waals surface area contributed by atoms with Crippen molar-refractivity contribution in [2.75, 3.05) is 18.5 Å². The number of nitrogens with one attached hydrogen (secondary N) is 1. The van der Waals surface area contributed by atoms with Gasteiger partial charge in [-0.2, -0.15) is 0 Å². The second-order valence-electron chi connectivity index (χ2n) is 5.99. The van der Waals surface area contributed by atoms with Gasteiger partial charge in [0.1, 0.15) is 5.00 Å². The van der Waals surface area contributed by atoms with Crippen molar-refractivity contribution in [1.82, 2.24) is 0 Å². The molecule has 3 rings (SSSR count). The summed E-state index contributed by atoms with van der Waals surface area (Å²) in [7, 11) is 0. The third kappa shape index (κ3) is 3.90. The van der Waals surface area contributed by atoms with Crippen molar-refractivity contribution in [1.29, 1.82) is 0 Å². The topological polar surface area (TPSA) is 94.8 Å². The van der Waals surface area contributed by atoms with Gasteiger partial charge in [-0.25, -0.2) is 4.79 Å². The summed E-state index contributed by atoms with van der Waals surface area (Å²) < 4.78 is 15.5. The SMILES string of the molecule is CCOC(=O)c1c(NC(=O)c2ccco2)sc2c1C(C(=O)OCC)CCC2. The second kappa shape index (κ2) is 8.39. The highest BCUT2D eigenvalue weighted by molar-refractivity contribution is 7.17.